The summed E-state index contributed by atoms with van der Waals surface area (Å²) < 4.78 is 6.13. The van der Waals surface area contributed by atoms with Crippen LogP contribution in [0.15, 0.2) is 127 Å². The van der Waals surface area contributed by atoms with Crippen LogP contribution in [0.25, 0.3) is 12.2 Å². The van der Waals surface area contributed by atoms with Gasteiger partial charge in [0.05, 0.1) is 50.1 Å². The van der Waals surface area contributed by atoms with E-state index in [0.29, 0.717) is 40.2 Å². The molecule has 5 aliphatic rings. The molecule has 5 heterocycles. The van der Waals surface area contributed by atoms with Gasteiger partial charge in [-0.3, -0.25) is 62.8 Å². The summed E-state index contributed by atoms with van der Waals surface area (Å²) in [6, 6.07) is 29.9. The molecule has 12 bridgehead atoms. The number of carboxylic acid groups (broad SMARTS) is 1. The minimum atomic E-state index is -1.32. The Labute approximate surface area is 620 Å². The van der Waals surface area contributed by atoms with Crippen molar-refractivity contribution in [2.45, 2.75) is 25.3 Å². The number of unbranched alkanes of at least 4 members (excludes halogenated alkanes) is 1. The molecule has 0 saturated heterocycles. The molecule has 0 aromatic heterocycles. The Morgan fingerprint density at radius 3 is 1.20 bits per heavy atom. The van der Waals surface area contributed by atoms with E-state index in [1.54, 1.807) is 30.3 Å². The molecule has 0 radical (unpaired) electrons. The van der Waals surface area contributed by atoms with E-state index in [2.05, 4.69) is 54.4 Å². The van der Waals surface area contributed by atoms with Gasteiger partial charge in [-0.25, -0.2) is 4.79 Å². The van der Waals surface area contributed by atoms with Crippen LogP contribution in [0, 0.1) is 0 Å². The summed E-state index contributed by atoms with van der Waals surface area (Å²) in [5.74, 6) is -9.35. The second-order valence-corrected chi connectivity index (χ2v) is 26.4. The molecule has 564 valence electrons. The van der Waals surface area contributed by atoms with E-state index in [1.807, 2.05) is 19.6 Å². The molecular weight excluding hydrogens is 1390 g/mol. The maximum absolute atomic E-state index is 14.8. The van der Waals surface area contributed by atoms with Crippen LogP contribution >= 0.6 is 0 Å². The number of aromatic carboxylic acids is 1. The standard InChI is InChI=1S/C78H85N13O17/c1-46-17-20-51-62(42-46)108-63-44-49(92)19-22-52(63)64(51)50-21-18-47(43-61(50)78(106)107)69(97)79-23-3-2-8-48-45-91-37-30-86-75(103)58-14-6-13-57(67(58)95)72(100)82-26-33-89(34-27-85-76(104)59-15-7-16-60(68(59)96)77(105)87-48)39-38-88-31-24-80-70(98)53-9-4-11-55(65(53)93)73(101)83-28-35-90(40-41-91)36-29-84-74(102)56-12-5-10-54(66(56)94)71(99)81-25-32-88/h4-7,9-22,42-44,48,92-96H,1-3,8,23-41,45H2,(H,79,97)(H,80,98)(H,81,99)(H,82,100)(H,83,101)(H,84,102)(H,85,104)(H,86,103)(H,87,105)(H,106,107). The minimum absolute atomic E-state index is 0.0137. The number of phenols is 5. The quantitative estimate of drug-likeness (QED) is 0.0965. The predicted molar refractivity (Wildman–Crippen MR) is 396 cm³/mol. The number of hydrogen-bond acceptors (Lipinski definition) is 20. The molecule has 7 aromatic rings. The van der Waals surface area contributed by atoms with Crippen molar-refractivity contribution in [1.82, 2.24) is 67.5 Å². The van der Waals surface area contributed by atoms with Crippen molar-refractivity contribution in [1.29, 1.82) is 0 Å². The van der Waals surface area contributed by atoms with E-state index in [4.69, 9.17) is 4.74 Å². The summed E-state index contributed by atoms with van der Waals surface area (Å²) in [7, 11) is 0. The van der Waals surface area contributed by atoms with Gasteiger partial charge in [-0.2, -0.15) is 0 Å². The number of para-hydroxylation sites is 4. The van der Waals surface area contributed by atoms with Gasteiger partial charge in [0.15, 0.2) is 0 Å². The minimum Gasteiger partial charge on any atom is -0.508 e. The van der Waals surface area contributed by atoms with Crippen molar-refractivity contribution in [2.24, 2.45) is 0 Å². The van der Waals surface area contributed by atoms with Crippen molar-refractivity contribution < 1.29 is 83.3 Å². The van der Waals surface area contributed by atoms with Crippen LogP contribution in [0.1, 0.15) is 134 Å². The van der Waals surface area contributed by atoms with E-state index in [0.717, 1.165) is 0 Å². The molecule has 12 rings (SSSR count). The van der Waals surface area contributed by atoms with Crippen LogP contribution in [0.2, 0.25) is 0 Å². The molecule has 0 fully saturated rings. The summed E-state index contributed by atoms with van der Waals surface area (Å²) >= 11 is 0. The lowest BCUT2D eigenvalue weighted by molar-refractivity contribution is 0.0694. The number of carboxylic acids is 1. The Morgan fingerprint density at radius 1 is 0.417 bits per heavy atom. The fourth-order valence-electron chi connectivity index (χ4n) is 13.4. The average Bonchev–Trinajstić information content (AvgIpc) is 0.747. The van der Waals surface area contributed by atoms with E-state index in [9.17, 15) is 78.6 Å². The molecule has 108 heavy (non-hydrogen) atoms. The Bertz CT molecular complexity index is 4670. The molecule has 3 atom stereocenters. The lowest BCUT2D eigenvalue weighted by Gasteiger charge is -2.31. The van der Waals surface area contributed by atoms with Gasteiger partial charge >= 0.3 is 5.97 Å². The van der Waals surface area contributed by atoms with Gasteiger partial charge in [0, 0.05) is 165 Å². The Kier molecular flexibility index (Phi) is 25.3. The van der Waals surface area contributed by atoms with E-state index < -0.39 is 88.2 Å². The number of hydrogen-bond donors (Lipinski definition) is 15. The Hall–Kier alpha value is -12.4. The monoisotopic (exact) mass is 1480 g/mol. The van der Waals surface area contributed by atoms with Crippen molar-refractivity contribution in [3.8, 4) is 40.2 Å². The number of ether oxygens (including phenoxy) is 1. The SMILES string of the molecule is C=c1ccc2c(c1)Oc1cc(O)ccc1C=2c1ccc(C(=O)NCCCCC2CN3CCNC(=O)c4cccc(c4O)C(=O)NCCN(CCNC(=O)c4cccc(c4O)C(=O)N2)CCN2CCNC(=O)c4cccc(c4O)C(=O)NCCN(CCNC(=O)c4cccc(c4O)C(=O)NCC2)CC3)cc1C(=O)O. The number of nitrogens with one attached hydrogen (secondary N) is 9. The van der Waals surface area contributed by atoms with Crippen molar-refractivity contribution in [2.75, 3.05) is 131 Å². The van der Waals surface area contributed by atoms with Crippen LogP contribution in [0.5, 0.6) is 40.2 Å². The highest BCUT2D eigenvalue weighted by atomic mass is 16.5. The van der Waals surface area contributed by atoms with E-state index in [-0.39, 0.29) is 210 Å². The van der Waals surface area contributed by atoms with Crippen molar-refractivity contribution in [3.05, 3.63) is 205 Å². The van der Waals surface area contributed by atoms with Gasteiger partial charge in [0.25, 0.3) is 53.2 Å². The maximum atomic E-state index is 14.8. The summed E-state index contributed by atoms with van der Waals surface area (Å²) in [5, 5.41) is 94.4. The molecule has 5 aliphatic heterocycles. The highest BCUT2D eigenvalue weighted by Crippen LogP contribution is 2.39. The molecular formula is C78H85N13O17. The zero-order chi connectivity index (χ0) is 76.5. The first-order valence-electron chi connectivity index (χ1n) is 35.6. The van der Waals surface area contributed by atoms with Crippen molar-refractivity contribution >= 4 is 71.3 Å². The first kappa shape index (κ1) is 76.7. The smallest absolute Gasteiger partial charge is 0.336 e. The van der Waals surface area contributed by atoms with Gasteiger partial charge in [-0.1, -0.05) is 49.0 Å². The number of carbonyl (C=O) groups excluding carboxylic acids is 9. The molecule has 30 heteroatoms. The third-order valence-corrected chi connectivity index (χ3v) is 19.2. The first-order chi connectivity index (χ1) is 52.1. The number of nitrogens with zero attached hydrogens (tertiary/aromatic N) is 4. The second kappa shape index (κ2) is 35.6. The largest absolute Gasteiger partial charge is 0.508 e. The van der Waals surface area contributed by atoms with Gasteiger partial charge in [-0.15, -0.1) is 0 Å². The highest BCUT2D eigenvalue weighted by molar-refractivity contribution is 6.07. The molecule has 7 aromatic carbocycles. The van der Waals surface area contributed by atoms with Gasteiger partial charge < -0.3 is 83.2 Å². The third-order valence-electron chi connectivity index (χ3n) is 19.2. The molecule has 15 N–H and O–H groups in total. The lowest BCUT2D eigenvalue weighted by atomic mass is 9.88. The van der Waals surface area contributed by atoms with Gasteiger partial charge in [-0.05, 0) is 109 Å². The fraction of sp³-hybridized carbons (Fsp3) is 0.308. The molecule has 0 saturated carbocycles. The van der Waals surface area contributed by atoms with Crippen molar-refractivity contribution in [3.63, 3.8) is 0 Å². The number of carbonyl (C=O) groups is 10. The van der Waals surface area contributed by atoms with Crippen LogP contribution in [0.3, 0.4) is 0 Å². The number of aromatic hydroxyl groups is 5. The summed E-state index contributed by atoms with van der Waals surface area (Å²) in [5.41, 5.74) is -0.462. The number of rotatable bonds is 8. The lowest BCUT2D eigenvalue weighted by Crippen LogP contribution is -2.49. The summed E-state index contributed by atoms with van der Waals surface area (Å²) in [6.45, 7) is 5.18. The van der Waals surface area contributed by atoms with E-state index >= 15 is 0 Å². The molecule has 9 amide bonds. The zero-order valence-electron chi connectivity index (χ0n) is 59.1. The number of phenolic OH excluding ortho intramolecular Hbond substituents is 5. The second-order valence-electron chi connectivity index (χ2n) is 26.4. The first-order valence-corrected chi connectivity index (χ1v) is 35.6. The van der Waals surface area contributed by atoms with E-state index in [1.165, 1.54) is 97.1 Å². The molecule has 3 unspecified atom stereocenters. The van der Waals surface area contributed by atoms with Crippen LogP contribution in [-0.2, 0) is 0 Å². The zero-order valence-corrected chi connectivity index (χ0v) is 59.1. The molecule has 0 aliphatic carbocycles. The highest BCUT2D eigenvalue weighted by Gasteiger charge is 2.30. The van der Waals surface area contributed by atoms with Gasteiger partial charge in [0.2, 0.25) is 0 Å². The number of amides is 9. The van der Waals surface area contributed by atoms with Crippen LogP contribution < -0.4 is 63.0 Å². The average molecular weight is 1480 g/mol. The summed E-state index contributed by atoms with van der Waals surface area (Å²) in [6.07, 6.45) is 0.826. The number of fused-ring (bicyclic) bond motifs is 18. The molecule has 0 spiro atoms. The fourth-order valence-corrected chi connectivity index (χ4v) is 13.4. The number of benzene rings is 7. The topological polar surface area (TPSA) is 423 Å². The van der Waals surface area contributed by atoms with Crippen LogP contribution in [-0.4, -0.2) is 246 Å². The maximum Gasteiger partial charge on any atom is 0.336 e. The normalized spacial score (nSPS) is 19.8. The Balaban J connectivity index is 0.922. The predicted octanol–water partition coefficient (Wildman–Crippen LogP) is 1.83. The Morgan fingerprint density at radius 2 is 0.796 bits per heavy atom. The van der Waals surface area contributed by atoms with Gasteiger partial charge in [0.1, 0.15) is 40.2 Å². The molecule has 30 nitrogen and oxygen atoms in total. The van der Waals surface area contributed by atoms with Crippen LogP contribution in [0.4, 0.5) is 0 Å². The summed E-state index contributed by atoms with van der Waals surface area (Å²) in [4.78, 5) is 147. The third kappa shape index (κ3) is 18.8.